The lowest BCUT2D eigenvalue weighted by atomic mass is 10.1. The van der Waals surface area contributed by atoms with Crippen molar-refractivity contribution in [2.24, 2.45) is 0 Å². The highest BCUT2D eigenvalue weighted by Crippen LogP contribution is 2.30. The summed E-state index contributed by atoms with van der Waals surface area (Å²) in [4.78, 5) is 1.57. The van der Waals surface area contributed by atoms with Crippen LogP contribution in [0.5, 0.6) is 0 Å². The summed E-state index contributed by atoms with van der Waals surface area (Å²) in [6, 6.07) is 7.65. The Balaban J connectivity index is 1.77. The molecule has 0 aliphatic heterocycles. The highest BCUT2D eigenvalue weighted by Gasteiger charge is 2.37. The summed E-state index contributed by atoms with van der Waals surface area (Å²) in [6.45, 7) is -0.270. The Bertz CT molecular complexity index is 396. The van der Waals surface area contributed by atoms with Gasteiger partial charge in [-0.15, -0.1) is 0 Å². The van der Waals surface area contributed by atoms with Gasteiger partial charge in [-0.05, 0) is 49.9 Å². The molecule has 1 fully saturated rings. The largest absolute Gasteiger partial charge is 0.401 e. The van der Waals surface area contributed by atoms with E-state index in [4.69, 9.17) is 5.73 Å². The number of rotatable bonds is 6. The molecule has 1 aliphatic rings. The van der Waals surface area contributed by atoms with Crippen LogP contribution in [-0.4, -0.2) is 30.2 Å². The summed E-state index contributed by atoms with van der Waals surface area (Å²) in [5.41, 5.74) is 7.42. The third-order valence-corrected chi connectivity index (χ3v) is 3.34. The maximum absolute atomic E-state index is 12.4. The number of aryl methyl sites for hydroxylation is 1. The molecule has 0 heterocycles. The standard InChI is InChI=1S/C14H19F3N2/c15-14(16,17)10-19(13-7-8-13)9-1-2-11-3-5-12(18)6-4-11/h3-6,13H,1-2,7-10,18H2. The molecule has 1 saturated carbocycles. The fraction of sp³-hybridized carbons (Fsp3) is 0.571. The lowest BCUT2D eigenvalue weighted by Gasteiger charge is -2.23. The van der Waals surface area contributed by atoms with E-state index in [0.717, 1.165) is 31.2 Å². The van der Waals surface area contributed by atoms with Crippen molar-refractivity contribution in [1.29, 1.82) is 0 Å². The predicted octanol–water partition coefficient (Wildman–Crippen LogP) is 3.23. The average Bonchev–Trinajstić information content (AvgIpc) is 3.13. The van der Waals surface area contributed by atoms with Gasteiger partial charge in [0.05, 0.1) is 6.54 Å². The molecule has 2 nitrogen and oxygen atoms in total. The van der Waals surface area contributed by atoms with E-state index < -0.39 is 12.7 Å². The van der Waals surface area contributed by atoms with E-state index in [0.29, 0.717) is 12.2 Å². The number of alkyl halides is 3. The van der Waals surface area contributed by atoms with Crippen LogP contribution in [0.1, 0.15) is 24.8 Å². The van der Waals surface area contributed by atoms with Crippen molar-refractivity contribution >= 4 is 5.69 Å². The molecule has 0 spiro atoms. The highest BCUT2D eigenvalue weighted by molar-refractivity contribution is 5.39. The van der Waals surface area contributed by atoms with Crippen LogP contribution >= 0.6 is 0 Å². The first-order chi connectivity index (χ1) is 8.94. The van der Waals surface area contributed by atoms with Gasteiger partial charge in [0.25, 0.3) is 0 Å². The van der Waals surface area contributed by atoms with Crippen molar-refractivity contribution in [3.63, 3.8) is 0 Å². The summed E-state index contributed by atoms with van der Waals surface area (Å²) >= 11 is 0. The summed E-state index contributed by atoms with van der Waals surface area (Å²) in [5.74, 6) is 0. The van der Waals surface area contributed by atoms with Crippen LogP contribution in [0.25, 0.3) is 0 Å². The SMILES string of the molecule is Nc1ccc(CCCN(CC(F)(F)F)C2CC2)cc1. The van der Waals surface area contributed by atoms with E-state index >= 15 is 0 Å². The van der Waals surface area contributed by atoms with Crippen LogP contribution in [0.3, 0.4) is 0 Å². The first-order valence-electron chi connectivity index (χ1n) is 6.59. The van der Waals surface area contributed by atoms with Crippen molar-refractivity contribution in [3.8, 4) is 0 Å². The van der Waals surface area contributed by atoms with Gasteiger partial charge in [0, 0.05) is 11.7 Å². The molecule has 106 valence electrons. The number of nitrogens with zero attached hydrogens (tertiary/aromatic N) is 1. The summed E-state index contributed by atoms with van der Waals surface area (Å²) in [6.07, 6.45) is -0.752. The third-order valence-electron chi connectivity index (χ3n) is 3.34. The van der Waals surface area contributed by atoms with Crippen molar-refractivity contribution < 1.29 is 13.2 Å². The minimum absolute atomic E-state index is 0.146. The van der Waals surface area contributed by atoms with Crippen LogP contribution in [0.2, 0.25) is 0 Å². The summed E-state index contributed by atoms with van der Waals surface area (Å²) in [7, 11) is 0. The minimum Gasteiger partial charge on any atom is -0.399 e. The highest BCUT2D eigenvalue weighted by atomic mass is 19.4. The second kappa shape index (κ2) is 5.82. The Morgan fingerprint density at radius 2 is 1.79 bits per heavy atom. The van der Waals surface area contributed by atoms with E-state index in [1.165, 1.54) is 0 Å². The Morgan fingerprint density at radius 1 is 1.16 bits per heavy atom. The molecule has 0 aromatic heterocycles. The zero-order valence-electron chi connectivity index (χ0n) is 10.8. The maximum Gasteiger partial charge on any atom is 0.401 e. The Labute approximate surface area is 111 Å². The van der Waals surface area contributed by atoms with E-state index in [1.54, 1.807) is 4.90 Å². The van der Waals surface area contributed by atoms with Gasteiger partial charge in [-0.3, -0.25) is 4.90 Å². The smallest absolute Gasteiger partial charge is 0.399 e. The molecular weight excluding hydrogens is 253 g/mol. The Morgan fingerprint density at radius 3 is 2.32 bits per heavy atom. The van der Waals surface area contributed by atoms with Gasteiger partial charge in [0.2, 0.25) is 0 Å². The molecule has 19 heavy (non-hydrogen) atoms. The van der Waals surface area contributed by atoms with Crippen LogP contribution in [-0.2, 0) is 6.42 Å². The van der Waals surface area contributed by atoms with Gasteiger partial charge < -0.3 is 5.73 Å². The van der Waals surface area contributed by atoms with Gasteiger partial charge in [-0.2, -0.15) is 13.2 Å². The van der Waals surface area contributed by atoms with Crippen molar-refractivity contribution in [2.45, 2.75) is 37.9 Å². The quantitative estimate of drug-likeness (QED) is 0.806. The fourth-order valence-corrected chi connectivity index (χ4v) is 2.23. The van der Waals surface area contributed by atoms with Gasteiger partial charge in [0.15, 0.2) is 0 Å². The number of nitrogen functional groups attached to an aromatic ring is 1. The molecule has 1 aromatic rings. The average molecular weight is 272 g/mol. The Kier molecular flexibility index (Phi) is 4.34. The van der Waals surface area contributed by atoms with Crippen molar-refractivity contribution in [1.82, 2.24) is 4.90 Å². The predicted molar refractivity (Wildman–Crippen MR) is 69.8 cm³/mol. The number of anilines is 1. The number of hydrogen-bond acceptors (Lipinski definition) is 2. The van der Waals surface area contributed by atoms with Gasteiger partial charge in [0.1, 0.15) is 0 Å². The molecule has 2 N–H and O–H groups in total. The molecular formula is C14H19F3N2. The number of nitrogens with two attached hydrogens (primary N) is 1. The fourth-order valence-electron chi connectivity index (χ4n) is 2.23. The second-order valence-corrected chi connectivity index (χ2v) is 5.16. The van der Waals surface area contributed by atoms with Gasteiger partial charge >= 0.3 is 6.18 Å². The number of halogens is 3. The monoisotopic (exact) mass is 272 g/mol. The molecule has 1 aliphatic carbocycles. The number of benzene rings is 1. The molecule has 0 amide bonds. The third kappa shape index (κ3) is 5.11. The molecule has 0 saturated heterocycles. The van der Waals surface area contributed by atoms with Crippen LogP contribution in [0, 0.1) is 0 Å². The zero-order chi connectivity index (χ0) is 13.9. The second-order valence-electron chi connectivity index (χ2n) is 5.16. The number of hydrogen-bond donors (Lipinski definition) is 1. The lowest BCUT2D eigenvalue weighted by molar-refractivity contribution is -0.147. The molecule has 0 radical (unpaired) electrons. The van der Waals surface area contributed by atoms with E-state index in [9.17, 15) is 13.2 Å². The Hall–Kier alpha value is -1.23. The van der Waals surface area contributed by atoms with Crippen molar-refractivity contribution in [2.75, 3.05) is 18.8 Å². The molecule has 0 unspecified atom stereocenters. The van der Waals surface area contributed by atoms with Crippen molar-refractivity contribution in [3.05, 3.63) is 29.8 Å². The molecule has 0 atom stereocenters. The van der Waals surface area contributed by atoms with Gasteiger partial charge in [-0.1, -0.05) is 12.1 Å². The molecule has 1 aromatic carbocycles. The normalized spacial score (nSPS) is 16.0. The van der Waals surface area contributed by atoms with E-state index in [1.807, 2.05) is 24.3 Å². The van der Waals surface area contributed by atoms with Crippen LogP contribution < -0.4 is 5.73 Å². The molecule has 0 bridgehead atoms. The first kappa shape index (κ1) is 14.2. The maximum atomic E-state index is 12.4. The summed E-state index contributed by atoms with van der Waals surface area (Å²) < 4.78 is 37.3. The van der Waals surface area contributed by atoms with Crippen LogP contribution in [0.15, 0.2) is 24.3 Å². The summed E-state index contributed by atoms with van der Waals surface area (Å²) in [5, 5.41) is 0. The van der Waals surface area contributed by atoms with E-state index in [2.05, 4.69) is 0 Å². The molecule has 2 rings (SSSR count). The first-order valence-corrected chi connectivity index (χ1v) is 6.59. The van der Waals surface area contributed by atoms with E-state index in [-0.39, 0.29) is 6.04 Å². The van der Waals surface area contributed by atoms with Crippen LogP contribution in [0.4, 0.5) is 18.9 Å². The topological polar surface area (TPSA) is 29.3 Å². The minimum atomic E-state index is -4.09. The zero-order valence-corrected chi connectivity index (χ0v) is 10.8. The van der Waals surface area contributed by atoms with Gasteiger partial charge in [-0.25, -0.2) is 0 Å². The lowest BCUT2D eigenvalue weighted by Crippen LogP contribution is -2.36. The molecule has 5 heteroatoms.